The van der Waals surface area contributed by atoms with Crippen LogP contribution in [0.15, 0.2) is 23.1 Å². The second-order valence-corrected chi connectivity index (χ2v) is 8.97. The number of sulfonamides is 1. The molecule has 0 amide bonds. The predicted molar refractivity (Wildman–Crippen MR) is 88.1 cm³/mol. The van der Waals surface area contributed by atoms with Crippen molar-refractivity contribution in [3.05, 3.63) is 28.3 Å². The molecule has 0 spiro atoms. The topological polar surface area (TPSA) is 98.5 Å². The van der Waals surface area contributed by atoms with E-state index < -0.39 is 26.2 Å². The van der Waals surface area contributed by atoms with Crippen molar-refractivity contribution in [3.63, 3.8) is 0 Å². The Balaban J connectivity index is 3.26. The van der Waals surface area contributed by atoms with Gasteiger partial charge in [0.15, 0.2) is 4.90 Å². The van der Waals surface area contributed by atoms with Crippen LogP contribution in [0.2, 0.25) is 0 Å². The van der Waals surface area contributed by atoms with Crippen LogP contribution in [-0.2, 0) is 10.0 Å². The monoisotopic (exact) mass is 344 g/mol. The molecule has 0 saturated carbocycles. The summed E-state index contributed by atoms with van der Waals surface area (Å²) >= 11 is 0. The second kappa shape index (κ2) is 6.45. The van der Waals surface area contributed by atoms with Gasteiger partial charge in [0.25, 0.3) is 5.69 Å². The Hall–Kier alpha value is -1.67. The third-order valence-corrected chi connectivity index (χ3v) is 4.78. The highest BCUT2D eigenvalue weighted by molar-refractivity contribution is 7.89. The summed E-state index contributed by atoms with van der Waals surface area (Å²) < 4.78 is 32.7. The van der Waals surface area contributed by atoms with Crippen molar-refractivity contribution in [1.82, 2.24) is 4.72 Å². The van der Waals surface area contributed by atoms with Crippen molar-refractivity contribution in [2.24, 2.45) is 5.41 Å². The predicted octanol–water partition coefficient (Wildman–Crippen LogP) is 3.10. The number of methoxy groups -OCH3 is 1. The number of hydrogen-bond acceptors (Lipinski definition) is 5. The molecule has 0 aliphatic carbocycles. The highest BCUT2D eigenvalue weighted by atomic mass is 32.2. The fourth-order valence-corrected chi connectivity index (χ4v) is 4.34. The zero-order chi connectivity index (χ0) is 18.1. The molecule has 0 atom stereocenters. The number of benzene rings is 1. The largest absolute Gasteiger partial charge is 0.497 e. The van der Waals surface area contributed by atoms with Gasteiger partial charge in [0.2, 0.25) is 10.0 Å². The van der Waals surface area contributed by atoms with Crippen LogP contribution in [0, 0.1) is 15.5 Å². The van der Waals surface area contributed by atoms with Gasteiger partial charge < -0.3 is 4.74 Å². The highest BCUT2D eigenvalue weighted by Crippen LogP contribution is 2.31. The molecular weight excluding hydrogens is 320 g/mol. The van der Waals surface area contributed by atoms with Gasteiger partial charge in [-0.15, -0.1) is 0 Å². The first kappa shape index (κ1) is 19.4. The Bertz CT molecular complexity index is 690. The van der Waals surface area contributed by atoms with Crippen LogP contribution < -0.4 is 9.46 Å². The molecule has 0 bridgehead atoms. The smallest absolute Gasteiger partial charge is 0.293 e. The van der Waals surface area contributed by atoms with E-state index in [1.54, 1.807) is 13.8 Å². The maximum absolute atomic E-state index is 12.6. The number of nitro groups is 1. The number of nitro benzene ring substituents is 1. The summed E-state index contributed by atoms with van der Waals surface area (Å²) in [6, 6.07) is 3.68. The quantitative estimate of drug-likeness (QED) is 0.631. The van der Waals surface area contributed by atoms with E-state index >= 15 is 0 Å². The van der Waals surface area contributed by atoms with E-state index in [0.29, 0.717) is 6.42 Å². The Morgan fingerprint density at radius 1 is 1.22 bits per heavy atom. The van der Waals surface area contributed by atoms with Gasteiger partial charge in [0, 0.05) is 5.54 Å². The summed E-state index contributed by atoms with van der Waals surface area (Å²) in [6.45, 7) is 9.51. The van der Waals surface area contributed by atoms with E-state index in [0.717, 1.165) is 6.07 Å². The zero-order valence-corrected chi connectivity index (χ0v) is 15.2. The molecule has 0 aliphatic heterocycles. The molecule has 8 heteroatoms. The molecule has 130 valence electrons. The molecule has 1 rings (SSSR count). The average Bonchev–Trinajstić information content (AvgIpc) is 2.33. The summed E-state index contributed by atoms with van der Waals surface area (Å²) in [5.41, 5.74) is -1.36. The molecule has 0 aromatic heterocycles. The van der Waals surface area contributed by atoms with Gasteiger partial charge in [-0.1, -0.05) is 20.8 Å². The van der Waals surface area contributed by atoms with Crippen molar-refractivity contribution >= 4 is 15.7 Å². The Morgan fingerprint density at radius 3 is 2.22 bits per heavy atom. The molecule has 23 heavy (non-hydrogen) atoms. The summed E-state index contributed by atoms with van der Waals surface area (Å²) in [5.74, 6) is 0.226. The van der Waals surface area contributed by atoms with Gasteiger partial charge in [-0.25, -0.2) is 13.1 Å². The normalized spacial score (nSPS) is 13.0. The maximum Gasteiger partial charge on any atom is 0.293 e. The lowest BCUT2D eigenvalue weighted by atomic mass is 9.82. The van der Waals surface area contributed by atoms with Crippen molar-refractivity contribution in [2.45, 2.75) is 51.5 Å². The second-order valence-electron chi connectivity index (χ2n) is 7.32. The van der Waals surface area contributed by atoms with Crippen LogP contribution in [-0.4, -0.2) is 26.0 Å². The van der Waals surface area contributed by atoms with Crippen molar-refractivity contribution < 1.29 is 18.1 Å². The lowest BCUT2D eigenvalue weighted by Crippen LogP contribution is -2.45. The fourth-order valence-electron chi connectivity index (χ4n) is 2.77. The van der Waals surface area contributed by atoms with Crippen molar-refractivity contribution in [1.29, 1.82) is 0 Å². The molecule has 0 heterocycles. The van der Waals surface area contributed by atoms with Crippen LogP contribution in [0.4, 0.5) is 5.69 Å². The van der Waals surface area contributed by atoms with E-state index in [-0.39, 0.29) is 16.1 Å². The maximum atomic E-state index is 12.6. The molecule has 7 nitrogen and oxygen atoms in total. The molecule has 1 aromatic carbocycles. The number of hydrogen-bond donors (Lipinski definition) is 1. The standard InChI is InChI=1S/C15H24N2O5S/c1-14(2,3)10-15(4,5)16-23(20,21)13-8-7-11(22-6)9-12(13)17(18)19/h7-9,16H,10H2,1-6H3. The Morgan fingerprint density at radius 2 is 1.78 bits per heavy atom. The molecule has 0 unspecified atom stereocenters. The molecule has 1 N–H and O–H groups in total. The van der Waals surface area contributed by atoms with Crippen molar-refractivity contribution in [3.8, 4) is 5.75 Å². The molecule has 0 fully saturated rings. The first-order valence-corrected chi connectivity index (χ1v) is 8.62. The first-order valence-electron chi connectivity index (χ1n) is 7.14. The van der Waals surface area contributed by atoms with Crippen LogP contribution in [0.25, 0.3) is 0 Å². The van der Waals surface area contributed by atoms with E-state index in [1.807, 2.05) is 20.8 Å². The van der Waals surface area contributed by atoms with Gasteiger partial charge in [-0.05, 0) is 37.8 Å². The minimum atomic E-state index is -4.04. The van der Waals surface area contributed by atoms with Crippen molar-refractivity contribution in [2.75, 3.05) is 7.11 Å². The number of rotatable bonds is 6. The lowest BCUT2D eigenvalue weighted by Gasteiger charge is -2.32. The van der Waals surface area contributed by atoms with Crippen LogP contribution in [0.1, 0.15) is 41.0 Å². The van der Waals surface area contributed by atoms with Crippen LogP contribution in [0.5, 0.6) is 5.75 Å². The summed E-state index contributed by atoms with van der Waals surface area (Å²) in [5, 5.41) is 11.2. The molecule has 0 aliphatic rings. The minimum absolute atomic E-state index is 0.0993. The number of nitrogens with zero attached hydrogens (tertiary/aromatic N) is 1. The Kier molecular flexibility index (Phi) is 5.43. The summed E-state index contributed by atoms with van der Waals surface area (Å²) in [4.78, 5) is 10.1. The highest BCUT2D eigenvalue weighted by Gasteiger charge is 2.34. The summed E-state index contributed by atoms with van der Waals surface area (Å²) in [6.07, 6.45) is 0.573. The molecular formula is C15H24N2O5S. The van der Waals surface area contributed by atoms with Gasteiger partial charge >= 0.3 is 0 Å². The lowest BCUT2D eigenvalue weighted by molar-refractivity contribution is -0.387. The molecule has 1 aromatic rings. The third-order valence-electron chi connectivity index (χ3n) is 3.04. The zero-order valence-electron chi connectivity index (χ0n) is 14.3. The van der Waals surface area contributed by atoms with Gasteiger partial charge in [-0.3, -0.25) is 10.1 Å². The number of ether oxygens (including phenoxy) is 1. The van der Waals surface area contributed by atoms with E-state index in [1.165, 1.54) is 19.2 Å². The average molecular weight is 344 g/mol. The van der Waals surface area contributed by atoms with E-state index in [2.05, 4.69) is 4.72 Å². The minimum Gasteiger partial charge on any atom is -0.497 e. The molecule has 0 saturated heterocycles. The van der Waals surface area contributed by atoms with Gasteiger partial charge in [-0.2, -0.15) is 0 Å². The SMILES string of the molecule is COc1ccc(S(=O)(=O)NC(C)(C)CC(C)(C)C)c([N+](=O)[O-])c1. The third kappa shape index (κ3) is 5.47. The number of nitrogens with one attached hydrogen (secondary N) is 1. The van der Waals surface area contributed by atoms with Crippen LogP contribution in [0.3, 0.4) is 0 Å². The fraction of sp³-hybridized carbons (Fsp3) is 0.600. The van der Waals surface area contributed by atoms with E-state index in [9.17, 15) is 18.5 Å². The van der Waals surface area contributed by atoms with Crippen LogP contribution >= 0.6 is 0 Å². The van der Waals surface area contributed by atoms with E-state index in [4.69, 9.17) is 4.74 Å². The van der Waals surface area contributed by atoms with Gasteiger partial charge in [0.1, 0.15) is 5.75 Å². The first-order chi connectivity index (χ1) is 10.3. The van der Waals surface area contributed by atoms with Gasteiger partial charge in [0.05, 0.1) is 18.1 Å². The summed E-state index contributed by atoms with van der Waals surface area (Å²) in [7, 11) is -2.68. The Labute approximate surface area is 137 Å². The molecule has 0 radical (unpaired) electrons.